The Morgan fingerprint density at radius 2 is 2.09 bits per heavy atom. The fourth-order valence-corrected chi connectivity index (χ4v) is 3.03. The summed E-state index contributed by atoms with van der Waals surface area (Å²) in [4.78, 5) is 15.7. The summed E-state index contributed by atoms with van der Waals surface area (Å²) in [7, 11) is 0.459. The van der Waals surface area contributed by atoms with Crippen LogP contribution in [0.5, 0.6) is 0 Å². The summed E-state index contributed by atoms with van der Waals surface area (Å²) >= 11 is 0. The third-order valence-electron chi connectivity index (χ3n) is 3.58. The first kappa shape index (κ1) is 17.6. The Hall–Kier alpha value is -1.70. The molecular formula is C16H24N2O4Si. The summed E-state index contributed by atoms with van der Waals surface area (Å²) in [5.41, 5.74) is 2.51. The summed E-state index contributed by atoms with van der Waals surface area (Å²) in [6, 6.07) is 4.33. The van der Waals surface area contributed by atoms with Crippen molar-refractivity contribution in [2.75, 3.05) is 13.7 Å². The van der Waals surface area contributed by atoms with Gasteiger partial charge >= 0.3 is 5.97 Å². The molecule has 126 valence electrons. The third kappa shape index (κ3) is 4.63. The highest BCUT2D eigenvalue weighted by atomic mass is 28.3. The number of rotatable bonds is 8. The molecule has 0 atom stereocenters. The zero-order chi connectivity index (χ0) is 17.0. The van der Waals surface area contributed by atoms with Crippen molar-refractivity contribution in [1.82, 2.24) is 9.55 Å². The second-order valence-corrected chi connectivity index (χ2v) is 12.4. The van der Waals surface area contributed by atoms with E-state index in [9.17, 15) is 9.90 Å². The first-order chi connectivity index (χ1) is 10.8. The molecule has 0 aliphatic carbocycles. The Labute approximate surface area is 137 Å². The van der Waals surface area contributed by atoms with Crippen LogP contribution in [0.25, 0.3) is 11.0 Å². The van der Waals surface area contributed by atoms with Gasteiger partial charge in [0.15, 0.2) is 0 Å². The van der Waals surface area contributed by atoms with Gasteiger partial charge in [-0.15, -0.1) is 0 Å². The van der Waals surface area contributed by atoms with Crippen LogP contribution in [-0.4, -0.2) is 42.4 Å². The number of benzene rings is 1. The van der Waals surface area contributed by atoms with E-state index < -0.39 is 14.0 Å². The maximum atomic E-state index is 11.3. The van der Waals surface area contributed by atoms with Crippen LogP contribution in [0, 0.1) is 0 Å². The molecule has 0 amide bonds. The predicted molar refractivity (Wildman–Crippen MR) is 91.5 cm³/mol. The number of aromatic nitrogens is 2. The first-order valence-electron chi connectivity index (χ1n) is 7.59. The van der Waals surface area contributed by atoms with E-state index in [4.69, 9.17) is 9.47 Å². The van der Waals surface area contributed by atoms with E-state index in [0.29, 0.717) is 19.9 Å². The van der Waals surface area contributed by atoms with E-state index in [0.717, 1.165) is 22.6 Å². The van der Waals surface area contributed by atoms with E-state index in [1.807, 2.05) is 4.57 Å². The van der Waals surface area contributed by atoms with Crippen LogP contribution in [0.4, 0.5) is 0 Å². The number of fused-ring (bicyclic) bond motifs is 1. The normalized spacial score (nSPS) is 12.0. The van der Waals surface area contributed by atoms with Crippen molar-refractivity contribution < 1.29 is 19.4 Å². The summed E-state index contributed by atoms with van der Waals surface area (Å²) in [6.07, 6.45) is 1.68. The van der Waals surface area contributed by atoms with Crippen molar-refractivity contribution in [2.24, 2.45) is 0 Å². The third-order valence-corrected chi connectivity index (χ3v) is 5.28. The van der Waals surface area contributed by atoms with Crippen molar-refractivity contribution in [2.45, 2.75) is 39.0 Å². The number of methoxy groups -OCH3 is 1. The quantitative estimate of drug-likeness (QED) is 0.592. The van der Waals surface area contributed by atoms with Crippen LogP contribution < -0.4 is 0 Å². The van der Waals surface area contributed by atoms with Gasteiger partial charge in [0.1, 0.15) is 6.73 Å². The van der Waals surface area contributed by atoms with Crippen LogP contribution >= 0.6 is 0 Å². The smallest absolute Gasteiger partial charge is 0.335 e. The summed E-state index contributed by atoms with van der Waals surface area (Å²) in [5, 5.41) is 9.27. The maximum absolute atomic E-state index is 11.3. The van der Waals surface area contributed by atoms with E-state index >= 15 is 0 Å². The highest BCUT2D eigenvalue weighted by Gasteiger charge is 2.15. The second-order valence-electron chi connectivity index (χ2n) is 6.80. The average Bonchev–Trinajstić information content (AvgIpc) is 2.86. The van der Waals surface area contributed by atoms with Gasteiger partial charge in [-0.05, 0) is 18.2 Å². The molecule has 0 bridgehead atoms. The number of imidazole rings is 1. The summed E-state index contributed by atoms with van der Waals surface area (Å²) in [6.45, 7) is 8.32. The molecule has 0 aliphatic heterocycles. The maximum Gasteiger partial charge on any atom is 0.335 e. The highest BCUT2D eigenvalue weighted by Crippen LogP contribution is 2.21. The lowest BCUT2D eigenvalue weighted by atomic mass is 10.1. The molecule has 0 fully saturated rings. The van der Waals surface area contributed by atoms with Gasteiger partial charge in [0.05, 0.1) is 29.5 Å². The molecule has 0 spiro atoms. The Balaban J connectivity index is 2.22. The lowest BCUT2D eigenvalue weighted by molar-refractivity contribution is 0.0696. The lowest BCUT2D eigenvalue weighted by Crippen LogP contribution is -2.22. The van der Waals surface area contributed by atoms with Crippen molar-refractivity contribution >= 4 is 25.1 Å². The van der Waals surface area contributed by atoms with Crippen LogP contribution in [-0.2, 0) is 22.8 Å². The van der Waals surface area contributed by atoms with Crippen molar-refractivity contribution in [3.63, 3.8) is 0 Å². The lowest BCUT2D eigenvalue weighted by Gasteiger charge is -2.15. The van der Waals surface area contributed by atoms with E-state index in [-0.39, 0.29) is 5.56 Å². The highest BCUT2D eigenvalue weighted by molar-refractivity contribution is 6.76. The van der Waals surface area contributed by atoms with Gasteiger partial charge < -0.3 is 19.1 Å². The Kier molecular flexibility index (Phi) is 5.56. The predicted octanol–water partition coefficient (Wildman–Crippen LogP) is 3.19. The SMILES string of the molecule is COCc1cc(C(=O)O)cc2c1ncn2COCC[Si](C)(C)C. The minimum atomic E-state index is -1.12. The monoisotopic (exact) mass is 336 g/mol. The van der Waals surface area contributed by atoms with E-state index in [1.165, 1.54) is 0 Å². The topological polar surface area (TPSA) is 73.6 Å². The van der Waals surface area contributed by atoms with Gasteiger partial charge in [-0.1, -0.05) is 19.6 Å². The van der Waals surface area contributed by atoms with Crippen LogP contribution in [0.3, 0.4) is 0 Å². The fourth-order valence-electron chi connectivity index (χ4n) is 2.27. The van der Waals surface area contributed by atoms with Crippen molar-refractivity contribution in [3.8, 4) is 0 Å². The molecule has 1 aromatic heterocycles. The molecule has 2 rings (SSSR count). The number of carboxylic acid groups (broad SMARTS) is 1. The van der Waals surface area contributed by atoms with Crippen LogP contribution in [0.2, 0.25) is 25.7 Å². The number of nitrogens with zero attached hydrogens (tertiary/aromatic N) is 2. The Morgan fingerprint density at radius 1 is 1.35 bits per heavy atom. The standard InChI is InChI=1S/C16H24N2O4Si/c1-21-9-13-7-12(16(19)20)8-14-15(13)17-10-18(14)11-22-5-6-23(2,3)4/h7-8,10H,5-6,9,11H2,1-4H3,(H,19,20). The molecule has 1 aromatic carbocycles. The van der Waals surface area contributed by atoms with Gasteiger partial charge in [-0.3, -0.25) is 0 Å². The van der Waals surface area contributed by atoms with Crippen molar-refractivity contribution in [3.05, 3.63) is 29.6 Å². The number of aromatic carboxylic acids is 1. The van der Waals surface area contributed by atoms with Crippen LogP contribution in [0.15, 0.2) is 18.5 Å². The minimum absolute atomic E-state index is 0.230. The zero-order valence-electron chi connectivity index (χ0n) is 14.1. The van der Waals surface area contributed by atoms with Gasteiger partial charge in [-0.2, -0.15) is 0 Å². The van der Waals surface area contributed by atoms with E-state index in [2.05, 4.69) is 24.6 Å². The zero-order valence-corrected chi connectivity index (χ0v) is 15.1. The number of carboxylic acids is 1. The van der Waals surface area contributed by atoms with E-state index in [1.54, 1.807) is 25.6 Å². The molecular weight excluding hydrogens is 312 g/mol. The summed E-state index contributed by atoms with van der Waals surface area (Å²) in [5.74, 6) is -0.961. The first-order valence-corrected chi connectivity index (χ1v) is 11.3. The second kappa shape index (κ2) is 7.25. The van der Waals surface area contributed by atoms with Gasteiger partial charge in [0, 0.05) is 27.4 Å². The molecule has 0 saturated heterocycles. The number of hydrogen-bond donors (Lipinski definition) is 1. The van der Waals surface area contributed by atoms with Crippen LogP contribution in [0.1, 0.15) is 15.9 Å². The number of ether oxygens (including phenoxy) is 2. The number of carbonyl (C=O) groups is 1. The Bertz CT molecular complexity index is 691. The summed E-state index contributed by atoms with van der Waals surface area (Å²) < 4.78 is 12.7. The molecule has 1 heterocycles. The van der Waals surface area contributed by atoms with Crippen molar-refractivity contribution in [1.29, 1.82) is 0 Å². The molecule has 7 heteroatoms. The number of hydrogen-bond acceptors (Lipinski definition) is 4. The molecule has 0 radical (unpaired) electrons. The Morgan fingerprint density at radius 3 is 2.70 bits per heavy atom. The molecule has 0 aliphatic rings. The van der Waals surface area contributed by atoms with Gasteiger partial charge in [0.25, 0.3) is 0 Å². The molecule has 6 nitrogen and oxygen atoms in total. The van der Waals surface area contributed by atoms with Gasteiger partial charge in [0.2, 0.25) is 0 Å². The molecule has 1 N–H and O–H groups in total. The largest absolute Gasteiger partial charge is 0.478 e. The molecule has 2 aromatic rings. The molecule has 0 unspecified atom stereocenters. The minimum Gasteiger partial charge on any atom is -0.478 e. The molecule has 23 heavy (non-hydrogen) atoms. The molecule has 0 saturated carbocycles. The average molecular weight is 336 g/mol. The van der Waals surface area contributed by atoms with Gasteiger partial charge in [-0.25, -0.2) is 9.78 Å². The fraction of sp³-hybridized carbons (Fsp3) is 0.500.